The second-order valence-electron chi connectivity index (χ2n) is 6.31. The number of nitrogens with zero attached hydrogens (tertiary/aromatic N) is 2. The highest BCUT2D eigenvalue weighted by molar-refractivity contribution is 6.30. The summed E-state index contributed by atoms with van der Waals surface area (Å²) in [6.07, 6.45) is -3.76. The molecule has 2 heterocycles. The monoisotopic (exact) mass is 382 g/mol. The fourth-order valence-electron chi connectivity index (χ4n) is 3.08. The number of carbonyl (C=O) groups excluding carboxylic acids is 2. The van der Waals surface area contributed by atoms with Gasteiger partial charge in [0.25, 0.3) is 0 Å². The van der Waals surface area contributed by atoms with Crippen molar-refractivity contribution in [2.45, 2.75) is 31.5 Å². The lowest BCUT2D eigenvalue weighted by Crippen LogP contribution is -2.36. The zero-order chi connectivity index (χ0) is 19.1. The third-order valence-corrected chi connectivity index (χ3v) is 4.74. The zero-order valence-electron chi connectivity index (χ0n) is 13.7. The van der Waals surface area contributed by atoms with Crippen molar-refractivity contribution in [3.8, 4) is 0 Å². The van der Waals surface area contributed by atoms with Crippen LogP contribution in [0.15, 0.2) is 42.6 Å². The summed E-state index contributed by atoms with van der Waals surface area (Å²) in [5.41, 5.74) is -1.87. The molecule has 3 rings (SSSR count). The Hall–Kier alpha value is -2.41. The van der Waals surface area contributed by atoms with E-state index in [1.165, 1.54) is 12.1 Å². The van der Waals surface area contributed by atoms with Gasteiger partial charge in [0.15, 0.2) is 0 Å². The number of benzene rings is 1. The topological polar surface area (TPSA) is 50.3 Å². The number of hydrogen-bond donors (Lipinski definition) is 0. The van der Waals surface area contributed by atoms with Gasteiger partial charge in [0.1, 0.15) is 5.69 Å². The van der Waals surface area contributed by atoms with Gasteiger partial charge in [-0.1, -0.05) is 29.8 Å². The van der Waals surface area contributed by atoms with E-state index in [9.17, 15) is 22.8 Å². The Kier molecular flexibility index (Phi) is 4.52. The van der Waals surface area contributed by atoms with Crippen molar-refractivity contribution in [2.75, 3.05) is 0 Å². The number of amides is 2. The molecule has 0 N–H and O–H groups in total. The summed E-state index contributed by atoms with van der Waals surface area (Å²) in [6.45, 7) is 1.13. The van der Waals surface area contributed by atoms with E-state index in [0.717, 1.165) is 11.1 Å². The highest BCUT2D eigenvalue weighted by Gasteiger charge is 2.49. The summed E-state index contributed by atoms with van der Waals surface area (Å²) in [5, 5.41) is 0.483. The van der Waals surface area contributed by atoms with E-state index in [-0.39, 0.29) is 12.0 Å². The third-order valence-electron chi connectivity index (χ3n) is 4.49. The molecule has 0 radical (unpaired) electrons. The first-order valence-corrected chi connectivity index (χ1v) is 8.12. The van der Waals surface area contributed by atoms with Gasteiger partial charge in [-0.2, -0.15) is 13.2 Å². The van der Waals surface area contributed by atoms with Crippen LogP contribution in [0.2, 0.25) is 5.02 Å². The first-order valence-electron chi connectivity index (χ1n) is 7.75. The van der Waals surface area contributed by atoms with Gasteiger partial charge in [0, 0.05) is 23.2 Å². The number of imide groups is 1. The van der Waals surface area contributed by atoms with Gasteiger partial charge >= 0.3 is 6.18 Å². The van der Waals surface area contributed by atoms with Gasteiger partial charge in [0.2, 0.25) is 11.8 Å². The molecular weight excluding hydrogens is 369 g/mol. The Balaban J connectivity index is 1.93. The Morgan fingerprint density at radius 3 is 2.46 bits per heavy atom. The Morgan fingerprint density at radius 1 is 1.19 bits per heavy atom. The molecule has 136 valence electrons. The predicted octanol–water partition coefficient (Wildman–Crippen LogP) is 3.97. The highest BCUT2D eigenvalue weighted by Crippen LogP contribution is 2.38. The van der Waals surface area contributed by atoms with Gasteiger partial charge < -0.3 is 0 Å². The Labute approximate surface area is 152 Å². The van der Waals surface area contributed by atoms with Crippen LogP contribution in [0.25, 0.3) is 0 Å². The van der Waals surface area contributed by atoms with E-state index < -0.39 is 35.6 Å². The number of carbonyl (C=O) groups is 2. The molecule has 0 bridgehead atoms. The lowest BCUT2D eigenvalue weighted by molar-refractivity contribution is -0.145. The SMILES string of the molecule is C[C@]1(c2ccc(Cl)cc2)CC(=O)N(Cc2cccnc2C(F)(F)F)C1=O. The molecule has 1 aliphatic rings. The van der Waals surface area contributed by atoms with E-state index in [4.69, 9.17) is 11.6 Å². The molecule has 1 saturated heterocycles. The number of pyridine rings is 1. The van der Waals surface area contributed by atoms with E-state index in [1.807, 2.05) is 0 Å². The van der Waals surface area contributed by atoms with E-state index in [1.54, 1.807) is 31.2 Å². The van der Waals surface area contributed by atoms with Crippen LogP contribution in [0.5, 0.6) is 0 Å². The number of likely N-dealkylation sites (tertiary alicyclic amines) is 1. The average molecular weight is 383 g/mol. The zero-order valence-corrected chi connectivity index (χ0v) is 14.4. The van der Waals surface area contributed by atoms with Crippen molar-refractivity contribution in [3.63, 3.8) is 0 Å². The van der Waals surface area contributed by atoms with Crippen LogP contribution in [-0.2, 0) is 27.7 Å². The smallest absolute Gasteiger partial charge is 0.277 e. The van der Waals surface area contributed by atoms with Crippen LogP contribution >= 0.6 is 11.6 Å². The number of hydrogen-bond acceptors (Lipinski definition) is 3. The Bertz CT molecular complexity index is 867. The minimum Gasteiger partial charge on any atom is -0.277 e. The third kappa shape index (κ3) is 3.19. The number of alkyl halides is 3. The molecule has 1 fully saturated rings. The summed E-state index contributed by atoms with van der Waals surface area (Å²) in [6, 6.07) is 9.05. The van der Waals surface area contributed by atoms with E-state index in [2.05, 4.69) is 4.98 Å². The van der Waals surface area contributed by atoms with Gasteiger partial charge in [-0.3, -0.25) is 19.5 Å². The second kappa shape index (κ2) is 6.39. The maximum absolute atomic E-state index is 13.1. The number of halogens is 4. The van der Waals surface area contributed by atoms with Crippen LogP contribution in [0.4, 0.5) is 13.2 Å². The van der Waals surface area contributed by atoms with Crippen molar-refractivity contribution in [2.24, 2.45) is 0 Å². The molecule has 8 heteroatoms. The fraction of sp³-hybridized carbons (Fsp3) is 0.278. The maximum Gasteiger partial charge on any atom is 0.433 e. The summed E-state index contributed by atoms with van der Waals surface area (Å²) in [7, 11) is 0. The molecular formula is C18H14ClF3N2O2. The van der Waals surface area contributed by atoms with Crippen LogP contribution in [0.1, 0.15) is 30.2 Å². The van der Waals surface area contributed by atoms with Gasteiger partial charge in [-0.05, 0) is 30.7 Å². The molecule has 2 aromatic rings. The molecule has 0 saturated carbocycles. The predicted molar refractivity (Wildman–Crippen MR) is 88.2 cm³/mol. The standard InChI is InChI=1S/C18H14ClF3N2O2/c1-17(12-4-6-13(19)7-5-12)9-14(25)24(16(17)26)10-11-3-2-8-23-15(11)18(20,21)22/h2-8H,9-10H2,1H3/t17-/m1/s1. The lowest BCUT2D eigenvalue weighted by atomic mass is 9.81. The van der Waals surface area contributed by atoms with E-state index >= 15 is 0 Å². The largest absolute Gasteiger partial charge is 0.433 e. The van der Waals surface area contributed by atoms with E-state index in [0.29, 0.717) is 10.6 Å². The van der Waals surface area contributed by atoms with Crippen LogP contribution < -0.4 is 0 Å². The minimum absolute atomic E-state index is 0.116. The van der Waals surface area contributed by atoms with Crippen molar-refractivity contribution in [3.05, 3.63) is 64.4 Å². The molecule has 1 aromatic carbocycles. The average Bonchev–Trinajstić information content (AvgIpc) is 2.79. The van der Waals surface area contributed by atoms with Crippen LogP contribution in [-0.4, -0.2) is 21.7 Å². The molecule has 2 amide bonds. The molecule has 1 aromatic heterocycles. The molecule has 1 atom stereocenters. The first-order chi connectivity index (χ1) is 12.1. The number of rotatable bonds is 3. The van der Waals surface area contributed by atoms with Crippen LogP contribution in [0, 0.1) is 0 Å². The molecule has 0 aliphatic carbocycles. The quantitative estimate of drug-likeness (QED) is 0.755. The van der Waals surface area contributed by atoms with Gasteiger partial charge in [0.05, 0.1) is 12.0 Å². The maximum atomic E-state index is 13.1. The molecule has 0 spiro atoms. The summed E-state index contributed by atoms with van der Waals surface area (Å²) < 4.78 is 39.3. The fourth-order valence-corrected chi connectivity index (χ4v) is 3.21. The molecule has 4 nitrogen and oxygen atoms in total. The van der Waals surface area contributed by atoms with Gasteiger partial charge in [-0.15, -0.1) is 0 Å². The van der Waals surface area contributed by atoms with Gasteiger partial charge in [-0.25, -0.2) is 0 Å². The summed E-state index contributed by atoms with van der Waals surface area (Å²) in [5.74, 6) is -1.06. The highest BCUT2D eigenvalue weighted by atomic mass is 35.5. The number of aromatic nitrogens is 1. The molecule has 0 unspecified atom stereocenters. The molecule has 26 heavy (non-hydrogen) atoms. The Morgan fingerprint density at radius 2 is 1.85 bits per heavy atom. The summed E-state index contributed by atoms with van der Waals surface area (Å²) >= 11 is 5.85. The summed E-state index contributed by atoms with van der Waals surface area (Å²) in [4.78, 5) is 29.5. The van der Waals surface area contributed by atoms with Crippen molar-refractivity contribution in [1.82, 2.24) is 9.88 Å². The molecule has 1 aliphatic heterocycles. The van der Waals surface area contributed by atoms with Crippen molar-refractivity contribution < 1.29 is 22.8 Å². The second-order valence-corrected chi connectivity index (χ2v) is 6.75. The lowest BCUT2D eigenvalue weighted by Gasteiger charge is -2.23. The van der Waals surface area contributed by atoms with Crippen molar-refractivity contribution >= 4 is 23.4 Å². The van der Waals surface area contributed by atoms with Crippen molar-refractivity contribution in [1.29, 1.82) is 0 Å². The minimum atomic E-state index is -4.66. The first kappa shape index (κ1) is 18.4. The van der Waals surface area contributed by atoms with Crippen LogP contribution in [0.3, 0.4) is 0 Å². The normalized spacial score (nSPS) is 20.7.